The quantitative estimate of drug-likeness (QED) is 0.709. The summed E-state index contributed by atoms with van der Waals surface area (Å²) < 4.78 is 1.16. The molecule has 2 heterocycles. The Bertz CT molecular complexity index is 510. The zero-order chi connectivity index (χ0) is 11.0. The van der Waals surface area contributed by atoms with Crippen molar-refractivity contribution in [2.45, 2.75) is 13.8 Å². The molecule has 0 radical (unpaired) electrons. The van der Waals surface area contributed by atoms with E-state index in [4.69, 9.17) is 5.73 Å². The first-order chi connectivity index (χ1) is 7.08. The second kappa shape index (κ2) is 3.23. The molecule has 0 aliphatic heterocycles. The van der Waals surface area contributed by atoms with Crippen LogP contribution in [0.5, 0.6) is 0 Å². The van der Waals surface area contributed by atoms with Crippen molar-refractivity contribution in [2.24, 2.45) is 0 Å². The van der Waals surface area contributed by atoms with Crippen molar-refractivity contribution in [3.63, 3.8) is 0 Å². The van der Waals surface area contributed by atoms with Gasteiger partial charge in [-0.3, -0.25) is 4.79 Å². The van der Waals surface area contributed by atoms with E-state index in [1.165, 1.54) is 6.20 Å². The Hall–Kier alpha value is -2.11. The molecule has 0 unspecified atom stereocenters. The Morgan fingerprint density at radius 3 is 2.73 bits per heavy atom. The predicted octanol–water partition coefficient (Wildman–Crippen LogP) is 0.494. The summed E-state index contributed by atoms with van der Waals surface area (Å²) in [4.78, 5) is 18.6. The number of aromatic nitrogens is 4. The van der Waals surface area contributed by atoms with Gasteiger partial charge in [0.05, 0.1) is 11.9 Å². The van der Waals surface area contributed by atoms with Gasteiger partial charge in [-0.1, -0.05) is 0 Å². The molecule has 0 aliphatic rings. The van der Waals surface area contributed by atoms with Gasteiger partial charge in [0.1, 0.15) is 17.3 Å². The van der Waals surface area contributed by atoms with Crippen LogP contribution in [0, 0.1) is 13.8 Å². The van der Waals surface area contributed by atoms with Gasteiger partial charge < -0.3 is 10.7 Å². The highest BCUT2D eigenvalue weighted by Crippen LogP contribution is 2.08. The lowest BCUT2D eigenvalue weighted by Crippen LogP contribution is -2.16. The van der Waals surface area contributed by atoms with Crippen LogP contribution in [-0.4, -0.2) is 25.7 Å². The molecule has 78 valence electrons. The highest BCUT2D eigenvalue weighted by Gasteiger charge is 2.14. The maximum atomic E-state index is 11.8. The third-order valence-corrected chi connectivity index (χ3v) is 1.98. The van der Waals surface area contributed by atoms with E-state index >= 15 is 0 Å². The summed E-state index contributed by atoms with van der Waals surface area (Å²) >= 11 is 0. The molecule has 6 nitrogen and oxygen atoms in total. The molecule has 0 atom stereocenters. The number of hydrogen-bond acceptors (Lipinski definition) is 4. The van der Waals surface area contributed by atoms with Gasteiger partial charge >= 0.3 is 0 Å². The maximum absolute atomic E-state index is 11.8. The van der Waals surface area contributed by atoms with Gasteiger partial charge in [0.15, 0.2) is 0 Å². The lowest BCUT2D eigenvalue weighted by Gasteiger charge is -1.99. The number of aryl methyl sites for hydroxylation is 2. The largest absolute Gasteiger partial charge is 0.383 e. The first-order valence-electron chi connectivity index (χ1n) is 4.46. The molecular formula is C9H11N5O. The summed E-state index contributed by atoms with van der Waals surface area (Å²) in [5, 5.41) is 3.99. The van der Waals surface area contributed by atoms with Crippen LogP contribution in [-0.2, 0) is 0 Å². The van der Waals surface area contributed by atoms with E-state index in [0.717, 1.165) is 4.68 Å². The zero-order valence-corrected chi connectivity index (χ0v) is 8.48. The average molecular weight is 205 g/mol. The van der Waals surface area contributed by atoms with Crippen molar-refractivity contribution in [3.8, 4) is 0 Å². The monoisotopic (exact) mass is 205 g/mol. The standard InChI is InChI=1S/C9H11N5O/c1-5-3-8(10)14(13-5)9(15)7-4-11-6(2)12-7/h3-4H,10H2,1-2H3,(H,11,12). The molecule has 0 fully saturated rings. The van der Waals surface area contributed by atoms with Crippen LogP contribution in [0.3, 0.4) is 0 Å². The number of imidazole rings is 1. The third kappa shape index (κ3) is 1.61. The smallest absolute Gasteiger partial charge is 0.298 e. The lowest BCUT2D eigenvalue weighted by atomic mass is 10.4. The van der Waals surface area contributed by atoms with Crippen LogP contribution in [0.1, 0.15) is 22.0 Å². The van der Waals surface area contributed by atoms with E-state index in [0.29, 0.717) is 23.0 Å². The molecule has 0 amide bonds. The molecule has 15 heavy (non-hydrogen) atoms. The van der Waals surface area contributed by atoms with Crippen LogP contribution in [0.15, 0.2) is 12.3 Å². The fourth-order valence-electron chi connectivity index (χ4n) is 1.33. The molecule has 3 N–H and O–H groups in total. The molecule has 0 aromatic carbocycles. The van der Waals surface area contributed by atoms with Crippen molar-refractivity contribution in [2.75, 3.05) is 5.73 Å². The van der Waals surface area contributed by atoms with Gasteiger partial charge in [0.2, 0.25) is 0 Å². The summed E-state index contributed by atoms with van der Waals surface area (Å²) in [6.45, 7) is 3.55. The molecule has 6 heteroatoms. The lowest BCUT2D eigenvalue weighted by molar-refractivity contribution is 0.0943. The Morgan fingerprint density at radius 1 is 1.53 bits per heavy atom. The third-order valence-electron chi connectivity index (χ3n) is 1.98. The highest BCUT2D eigenvalue weighted by atomic mass is 16.2. The number of anilines is 1. The van der Waals surface area contributed by atoms with Gasteiger partial charge in [-0.25, -0.2) is 4.98 Å². The Morgan fingerprint density at radius 2 is 2.27 bits per heavy atom. The minimum atomic E-state index is -0.304. The first kappa shape index (κ1) is 9.45. The summed E-state index contributed by atoms with van der Waals surface area (Å²) in [5.41, 5.74) is 6.71. The average Bonchev–Trinajstić information content (AvgIpc) is 2.71. The van der Waals surface area contributed by atoms with E-state index in [1.807, 2.05) is 0 Å². The summed E-state index contributed by atoms with van der Waals surface area (Å²) in [7, 11) is 0. The van der Waals surface area contributed by atoms with Crippen molar-refractivity contribution >= 4 is 11.7 Å². The number of nitrogens with one attached hydrogen (secondary N) is 1. The minimum Gasteiger partial charge on any atom is -0.383 e. The Labute approximate surface area is 86.1 Å². The normalized spacial score (nSPS) is 10.5. The fraction of sp³-hybridized carbons (Fsp3) is 0.222. The van der Waals surface area contributed by atoms with Crippen LogP contribution in [0.2, 0.25) is 0 Å². The highest BCUT2D eigenvalue weighted by molar-refractivity contribution is 5.95. The molecule has 0 bridgehead atoms. The van der Waals surface area contributed by atoms with Crippen molar-refractivity contribution in [3.05, 3.63) is 29.5 Å². The van der Waals surface area contributed by atoms with E-state index in [-0.39, 0.29) is 5.91 Å². The van der Waals surface area contributed by atoms with Crippen molar-refractivity contribution in [1.29, 1.82) is 0 Å². The zero-order valence-electron chi connectivity index (χ0n) is 8.48. The van der Waals surface area contributed by atoms with Crippen LogP contribution in [0.4, 0.5) is 5.82 Å². The SMILES string of the molecule is Cc1cc(N)n(C(=O)c2cnc(C)[nH]2)n1. The van der Waals surface area contributed by atoms with Gasteiger partial charge in [-0.15, -0.1) is 0 Å². The fourth-order valence-corrected chi connectivity index (χ4v) is 1.33. The number of hydrogen-bond donors (Lipinski definition) is 2. The minimum absolute atomic E-state index is 0.304. The van der Waals surface area contributed by atoms with E-state index in [9.17, 15) is 4.79 Å². The summed E-state index contributed by atoms with van der Waals surface area (Å²) in [5.74, 6) is 0.701. The molecular weight excluding hydrogens is 194 g/mol. The van der Waals surface area contributed by atoms with Crippen LogP contribution >= 0.6 is 0 Å². The molecule has 0 spiro atoms. The number of rotatable bonds is 1. The van der Waals surface area contributed by atoms with Crippen LogP contribution < -0.4 is 5.73 Å². The number of nitrogen functional groups attached to an aromatic ring is 1. The number of carbonyl (C=O) groups is 1. The summed E-state index contributed by atoms with van der Waals surface area (Å²) in [6.07, 6.45) is 1.47. The number of H-pyrrole nitrogens is 1. The van der Waals surface area contributed by atoms with Gasteiger partial charge in [0.25, 0.3) is 5.91 Å². The molecule has 0 aliphatic carbocycles. The van der Waals surface area contributed by atoms with Gasteiger partial charge in [-0.2, -0.15) is 9.78 Å². The Kier molecular flexibility index (Phi) is 2.03. The van der Waals surface area contributed by atoms with E-state index in [2.05, 4.69) is 15.1 Å². The maximum Gasteiger partial charge on any atom is 0.298 e. The second-order valence-corrected chi connectivity index (χ2v) is 3.31. The van der Waals surface area contributed by atoms with Crippen molar-refractivity contribution in [1.82, 2.24) is 19.7 Å². The molecule has 2 aromatic heterocycles. The van der Waals surface area contributed by atoms with E-state index < -0.39 is 0 Å². The summed E-state index contributed by atoms with van der Waals surface area (Å²) in [6, 6.07) is 1.64. The number of carbonyl (C=O) groups excluding carboxylic acids is 1. The molecule has 0 saturated heterocycles. The van der Waals surface area contributed by atoms with E-state index in [1.54, 1.807) is 19.9 Å². The number of aromatic amines is 1. The molecule has 0 saturated carbocycles. The van der Waals surface area contributed by atoms with Gasteiger partial charge in [-0.05, 0) is 13.8 Å². The molecule has 2 aromatic rings. The topological polar surface area (TPSA) is 89.6 Å². The Balaban J connectivity index is 2.40. The first-order valence-corrected chi connectivity index (χ1v) is 4.46. The van der Waals surface area contributed by atoms with Crippen molar-refractivity contribution < 1.29 is 4.79 Å². The number of nitrogens with two attached hydrogens (primary N) is 1. The van der Waals surface area contributed by atoms with Gasteiger partial charge in [0, 0.05) is 6.07 Å². The number of nitrogens with zero attached hydrogens (tertiary/aromatic N) is 3. The second-order valence-electron chi connectivity index (χ2n) is 3.31. The molecule has 2 rings (SSSR count). The van der Waals surface area contributed by atoms with Crippen LogP contribution in [0.25, 0.3) is 0 Å². The predicted molar refractivity (Wildman–Crippen MR) is 54.4 cm³/mol.